The predicted octanol–water partition coefficient (Wildman–Crippen LogP) is 3.22. The Morgan fingerprint density at radius 1 is 1.31 bits per heavy atom. The maximum atomic E-state index is 14.5. The van der Waals surface area contributed by atoms with Gasteiger partial charge in [0.05, 0.1) is 5.56 Å². The predicted molar refractivity (Wildman–Crippen MR) is 90.0 cm³/mol. The standard InChI is InChI=1S/C19H20FN3O3/c1-11-3-4-19(2,16(20)5-11)13-6-14(7-13)25-18-21-9-12(10-22-18)15-8-17(24)23-26-15/h3-5,8-10,13-14,16H,6-7H2,1-2H3,(H,23,24)/p-1. The smallest absolute Gasteiger partial charge is 0.316 e. The molecule has 2 heterocycles. The first-order valence-corrected chi connectivity index (χ1v) is 8.58. The van der Waals surface area contributed by atoms with Gasteiger partial charge in [-0.25, -0.2) is 14.4 Å². The van der Waals surface area contributed by atoms with E-state index in [2.05, 4.69) is 15.1 Å². The van der Waals surface area contributed by atoms with Crippen LogP contribution in [0.2, 0.25) is 0 Å². The molecule has 2 aliphatic rings. The van der Waals surface area contributed by atoms with Crippen LogP contribution < -0.4 is 9.84 Å². The highest BCUT2D eigenvalue weighted by Crippen LogP contribution is 2.49. The molecule has 2 aliphatic carbocycles. The van der Waals surface area contributed by atoms with Gasteiger partial charge in [0, 0.05) is 23.7 Å². The van der Waals surface area contributed by atoms with E-state index in [1.165, 1.54) is 18.5 Å². The number of allylic oxidation sites excluding steroid dienone is 4. The van der Waals surface area contributed by atoms with Crippen LogP contribution in [0.4, 0.5) is 4.39 Å². The van der Waals surface area contributed by atoms with Crippen molar-refractivity contribution in [2.24, 2.45) is 11.3 Å². The SMILES string of the molecule is CC1=CC(F)C(C)(C2CC(Oc3ncc(-c4cc([O-])no4)cn3)C2)C=C1. The fraction of sp³-hybridized carbons (Fsp3) is 0.421. The maximum absolute atomic E-state index is 14.5. The number of hydrogen-bond donors (Lipinski definition) is 0. The van der Waals surface area contributed by atoms with Crippen molar-refractivity contribution in [3.8, 4) is 23.2 Å². The molecule has 26 heavy (non-hydrogen) atoms. The Morgan fingerprint density at radius 2 is 2.04 bits per heavy atom. The van der Waals surface area contributed by atoms with Gasteiger partial charge in [-0.15, -0.1) is 0 Å². The second-order valence-corrected chi connectivity index (χ2v) is 7.20. The summed E-state index contributed by atoms with van der Waals surface area (Å²) in [5, 5.41) is 14.3. The van der Waals surface area contributed by atoms with Gasteiger partial charge < -0.3 is 14.4 Å². The summed E-state index contributed by atoms with van der Waals surface area (Å²) in [4.78, 5) is 8.29. The fourth-order valence-electron chi connectivity index (χ4n) is 3.45. The van der Waals surface area contributed by atoms with Crippen LogP contribution in [-0.2, 0) is 0 Å². The quantitative estimate of drug-likeness (QED) is 0.836. The molecule has 0 spiro atoms. The Kier molecular flexibility index (Phi) is 4.01. The number of alkyl halides is 1. The third kappa shape index (κ3) is 2.98. The highest BCUT2D eigenvalue weighted by Gasteiger charge is 2.47. The van der Waals surface area contributed by atoms with E-state index in [-0.39, 0.29) is 18.0 Å². The highest BCUT2D eigenvalue weighted by atomic mass is 19.1. The van der Waals surface area contributed by atoms with E-state index in [4.69, 9.17) is 9.26 Å². The van der Waals surface area contributed by atoms with Crippen molar-refractivity contribution in [1.29, 1.82) is 0 Å². The molecule has 0 saturated heterocycles. The molecule has 0 aromatic carbocycles. The summed E-state index contributed by atoms with van der Waals surface area (Å²) < 4.78 is 25.1. The number of nitrogens with zero attached hydrogens (tertiary/aromatic N) is 3. The van der Waals surface area contributed by atoms with Crippen LogP contribution in [-0.4, -0.2) is 27.4 Å². The largest absolute Gasteiger partial charge is 0.856 e. The van der Waals surface area contributed by atoms with E-state index >= 15 is 0 Å². The molecule has 1 fully saturated rings. The summed E-state index contributed by atoms with van der Waals surface area (Å²) in [6, 6.07) is 1.54. The van der Waals surface area contributed by atoms with Gasteiger partial charge in [-0.1, -0.05) is 29.8 Å². The normalized spacial score (nSPS) is 30.6. The van der Waals surface area contributed by atoms with Crippen molar-refractivity contribution in [2.75, 3.05) is 0 Å². The fourth-order valence-corrected chi connectivity index (χ4v) is 3.45. The van der Waals surface area contributed by atoms with Gasteiger partial charge in [0.15, 0.2) is 5.76 Å². The van der Waals surface area contributed by atoms with Crippen molar-refractivity contribution < 1.29 is 18.8 Å². The Hall–Kier alpha value is -2.70. The molecule has 0 aliphatic heterocycles. The van der Waals surface area contributed by atoms with Gasteiger partial charge in [0.1, 0.15) is 12.3 Å². The minimum atomic E-state index is -0.971. The molecule has 2 aromatic rings. The maximum Gasteiger partial charge on any atom is 0.316 e. The first-order valence-electron chi connectivity index (χ1n) is 8.58. The lowest BCUT2D eigenvalue weighted by atomic mass is 9.61. The first-order chi connectivity index (χ1) is 12.4. The van der Waals surface area contributed by atoms with Gasteiger partial charge >= 0.3 is 6.01 Å². The third-order valence-corrected chi connectivity index (χ3v) is 5.36. The summed E-state index contributed by atoms with van der Waals surface area (Å²) in [5.41, 5.74) is 1.04. The summed E-state index contributed by atoms with van der Waals surface area (Å²) in [6.07, 6.45) is 9.25. The minimum Gasteiger partial charge on any atom is -0.856 e. The molecule has 0 radical (unpaired) electrons. The van der Waals surface area contributed by atoms with E-state index < -0.39 is 17.5 Å². The van der Waals surface area contributed by atoms with Crippen LogP contribution >= 0.6 is 0 Å². The molecule has 7 heteroatoms. The second-order valence-electron chi connectivity index (χ2n) is 7.20. The van der Waals surface area contributed by atoms with Gasteiger partial charge in [-0.05, 0) is 37.8 Å². The van der Waals surface area contributed by atoms with Crippen molar-refractivity contribution in [3.63, 3.8) is 0 Å². The van der Waals surface area contributed by atoms with Crippen molar-refractivity contribution >= 4 is 0 Å². The van der Waals surface area contributed by atoms with Gasteiger partial charge in [0.25, 0.3) is 0 Å². The van der Waals surface area contributed by atoms with E-state index in [0.29, 0.717) is 11.3 Å². The molecule has 0 N–H and O–H groups in total. The van der Waals surface area contributed by atoms with Gasteiger partial charge in [-0.2, -0.15) is 0 Å². The van der Waals surface area contributed by atoms with Crippen LogP contribution in [0.1, 0.15) is 26.7 Å². The van der Waals surface area contributed by atoms with Crippen LogP contribution in [0, 0.1) is 11.3 Å². The van der Waals surface area contributed by atoms with Crippen LogP contribution in [0.3, 0.4) is 0 Å². The molecular formula is C19H19FN3O3-. The zero-order valence-corrected chi connectivity index (χ0v) is 14.6. The molecule has 2 aromatic heterocycles. The number of aromatic nitrogens is 3. The van der Waals surface area contributed by atoms with Gasteiger partial charge in [0.2, 0.25) is 0 Å². The van der Waals surface area contributed by atoms with Crippen molar-refractivity contribution in [2.45, 2.75) is 39.0 Å². The van der Waals surface area contributed by atoms with E-state index in [1.807, 2.05) is 26.0 Å². The Balaban J connectivity index is 1.35. The minimum absolute atomic E-state index is 0.0196. The molecule has 4 rings (SSSR count). The number of ether oxygens (including phenoxy) is 1. The molecule has 136 valence electrons. The lowest BCUT2D eigenvalue weighted by Gasteiger charge is -2.47. The van der Waals surface area contributed by atoms with Crippen LogP contribution in [0.5, 0.6) is 11.9 Å². The number of halogens is 1. The van der Waals surface area contributed by atoms with E-state index in [0.717, 1.165) is 18.4 Å². The summed E-state index contributed by atoms with van der Waals surface area (Å²) >= 11 is 0. The Labute approximate surface area is 150 Å². The average Bonchev–Trinajstić information content (AvgIpc) is 3.01. The molecule has 1 saturated carbocycles. The lowest BCUT2D eigenvalue weighted by molar-refractivity contribution is -0.277. The molecule has 6 nitrogen and oxygen atoms in total. The molecule has 0 bridgehead atoms. The zero-order chi connectivity index (χ0) is 18.3. The van der Waals surface area contributed by atoms with Crippen molar-refractivity contribution in [3.05, 3.63) is 42.3 Å². The van der Waals surface area contributed by atoms with Crippen LogP contribution in [0.25, 0.3) is 11.3 Å². The lowest BCUT2D eigenvalue weighted by Crippen LogP contribution is -2.47. The number of rotatable bonds is 4. The summed E-state index contributed by atoms with van der Waals surface area (Å²) in [5.74, 6) is 0.106. The number of hydrogen-bond acceptors (Lipinski definition) is 6. The topological polar surface area (TPSA) is 84.1 Å². The average molecular weight is 356 g/mol. The van der Waals surface area contributed by atoms with Crippen LogP contribution in [0.15, 0.2) is 46.8 Å². The zero-order valence-electron chi connectivity index (χ0n) is 14.6. The highest BCUT2D eigenvalue weighted by molar-refractivity contribution is 5.55. The Morgan fingerprint density at radius 3 is 2.65 bits per heavy atom. The summed E-state index contributed by atoms with van der Waals surface area (Å²) in [6.45, 7) is 3.87. The third-order valence-electron chi connectivity index (χ3n) is 5.36. The van der Waals surface area contributed by atoms with Gasteiger partial charge in [-0.3, -0.25) is 0 Å². The Bertz CT molecular complexity index is 855. The van der Waals surface area contributed by atoms with E-state index in [9.17, 15) is 9.50 Å². The first kappa shape index (κ1) is 16.8. The summed E-state index contributed by atoms with van der Waals surface area (Å²) in [7, 11) is 0. The molecule has 2 unspecified atom stereocenters. The van der Waals surface area contributed by atoms with Crippen molar-refractivity contribution in [1.82, 2.24) is 15.1 Å². The monoisotopic (exact) mass is 356 g/mol. The van der Waals surface area contributed by atoms with E-state index in [1.54, 1.807) is 6.08 Å². The molecule has 2 atom stereocenters. The second kappa shape index (κ2) is 6.23. The molecule has 0 amide bonds. The molecular weight excluding hydrogens is 337 g/mol.